The lowest BCUT2D eigenvalue weighted by Gasteiger charge is -2.36. The van der Waals surface area contributed by atoms with E-state index in [2.05, 4.69) is 31.7 Å². The molecular weight excluding hydrogens is 368 g/mol. The SMILES string of the molecule is Cc1ccc(Cl)cc1N1CCN(Cc2nc3c([nH]2)c(=O)[nH]c(=O)n3C)CC1. The lowest BCUT2D eigenvalue weighted by molar-refractivity contribution is 0.245. The monoisotopic (exact) mass is 388 g/mol. The normalized spacial score (nSPS) is 15.6. The van der Waals surface area contributed by atoms with Crippen LogP contribution in [-0.2, 0) is 13.6 Å². The van der Waals surface area contributed by atoms with Gasteiger partial charge in [-0.3, -0.25) is 19.2 Å². The Morgan fingerprint density at radius 1 is 1.15 bits per heavy atom. The summed E-state index contributed by atoms with van der Waals surface area (Å²) in [7, 11) is 1.59. The average molecular weight is 389 g/mol. The van der Waals surface area contributed by atoms with Crippen LogP contribution in [0.5, 0.6) is 0 Å². The number of nitrogens with zero attached hydrogens (tertiary/aromatic N) is 4. The van der Waals surface area contributed by atoms with E-state index in [9.17, 15) is 9.59 Å². The standard InChI is InChI=1S/C18H21ClN6O2/c1-11-3-4-12(19)9-13(11)25-7-5-24(6-8-25)10-14-20-15-16(21-14)23(2)18(27)22-17(15)26/h3-4,9H,5-8,10H2,1-2H3,(H,20,21)(H,22,26,27). The molecule has 2 N–H and O–H groups in total. The van der Waals surface area contributed by atoms with Crippen LogP contribution in [0.1, 0.15) is 11.4 Å². The summed E-state index contributed by atoms with van der Waals surface area (Å²) in [5.74, 6) is 0.684. The summed E-state index contributed by atoms with van der Waals surface area (Å²) in [6, 6.07) is 5.96. The first-order valence-electron chi connectivity index (χ1n) is 8.84. The number of rotatable bonds is 3. The van der Waals surface area contributed by atoms with Crippen molar-refractivity contribution in [3.63, 3.8) is 0 Å². The number of aromatic nitrogens is 4. The zero-order valence-electron chi connectivity index (χ0n) is 15.3. The van der Waals surface area contributed by atoms with Gasteiger partial charge >= 0.3 is 5.69 Å². The molecule has 0 aliphatic carbocycles. The van der Waals surface area contributed by atoms with E-state index in [1.165, 1.54) is 15.8 Å². The molecule has 1 aromatic carbocycles. The summed E-state index contributed by atoms with van der Waals surface area (Å²) in [4.78, 5) is 38.0. The maximum absolute atomic E-state index is 11.9. The van der Waals surface area contributed by atoms with Crippen molar-refractivity contribution in [3.05, 3.63) is 55.4 Å². The molecule has 3 aromatic rings. The largest absolute Gasteiger partial charge is 0.369 e. The Hall–Kier alpha value is -2.58. The molecule has 0 radical (unpaired) electrons. The number of imidazole rings is 1. The van der Waals surface area contributed by atoms with Gasteiger partial charge in [-0.1, -0.05) is 17.7 Å². The summed E-state index contributed by atoms with van der Waals surface area (Å²) in [6.07, 6.45) is 0. The van der Waals surface area contributed by atoms with Crippen LogP contribution in [0.2, 0.25) is 5.02 Å². The second-order valence-corrected chi connectivity index (χ2v) is 7.33. The first kappa shape index (κ1) is 17.8. The maximum atomic E-state index is 11.9. The fourth-order valence-electron chi connectivity index (χ4n) is 3.51. The van der Waals surface area contributed by atoms with Crippen molar-refractivity contribution in [3.8, 4) is 0 Å². The van der Waals surface area contributed by atoms with Crippen LogP contribution in [-0.4, -0.2) is 50.6 Å². The minimum Gasteiger partial charge on any atom is -0.369 e. The van der Waals surface area contributed by atoms with Crippen molar-refractivity contribution in [2.45, 2.75) is 13.5 Å². The molecule has 0 bridgehead atoms. The van der Waals surface area contributed by atoms with Crippen LogP contribution in [0.4, 0.5) is 5.69 Å². The first-order chi connectivity index (χ1) is 12.9. The minimum absolute atomic E-state index is 0.334. The molecule has 1 saturated heterocycles. The van der Waals surface area contributed by atoms with Gasteiger partial charge in [-0.2, -0.15) is 0 Å². The zero-order valence-corrected chi connectivity index (χ0v) is 16.0. The lowest BCUT2D eigenvalue weighted by Crippen LogP contribution is -2.46. The molecule has 1 aliphatic heterocycles. The van der Waals surface area contributed by atoms with E-state index >= 15 is 0 Å². The van der Waals surface area contributed by atoms with Gasteiger partial charge in [-0.05, 0) is 24.6 Å². The van der Waals surface area contributed by atoms with Gasteiger partial charge in [0.1, 0.15) is 11.3 Å². The number of hydrogen-bond donors (Lipinski definition) is 2. The van der Waals surface area contributed by atoms with Gasteiger partial charge in [-0.25, -0.2) is 9.78 Å². The first-order valence-corrected chi connectivity index (χ1v) is 9.21. The number of hydrogen-bond acceptors (Lipinski definition) is 5. The number of anilines is 1. The predicted molar refractivity (Wildman–Crippen MR) is 106 cm³/mol. The minimum atomic E-state index is -0.462. The van der Waals surface area contributed by atoms with Crippen molar-refractivity contribution < 1.29 is 0 Å². The number of H-pyrrole nitrogens is 2. The smallest absolute Gasteiger partial charge is 0.329 e. The van der Waals surface area contributed by atoms with E-state index in [1.807, 2.05) is 18.2 Å². The number of piperazine rings is 1. The Bertz CT molecular complexity index is 1110. The van der Waals surface area contributed by atoms with E-state index < -0.39 is 11.2 Å². The van der Waals surface area contributed by atoms with Gasteiger partial charge in [0.2, 0.25) is 0 Å². The van der Waals surface area contributed by atoms with Crippen molar-refractivity contribution in [1.82, 2.24) is 24.4 Å². The van der Waals surface area contributed by atoms with Gasteiger partial charge in [-0.15, -0.1) is 0 Å². The number of fused-ring (bicyclic) bond motifs is 1. The number of aryl methyl sites for hydroxylation is 2. The lowest BCUT2D eigenvalue weighted by atomic mass is 10.1. The highest BCUT2D eigenvalue weighted by atomic mass is 35.5. The van der Waals surface area contributed by atoms with Crippen molar-refractivity contribution >= 4 is 28.5 Å². The highest BCUT2D eigenvalue weighted by Crippen LogP contribution is 2.25. The maximum Gasteiger partial charge on any atom is 0.329 e. The molecule has 8 nitrogen and oxygen atoms in total. The Kier molecular flexibility index (Phi) is 4.53. The van der Waals surface area contributed by atoms with Gasteiger partial charge in [0, 0.05) is 43.9 Å². The fraction of sp³-hybridized carbons (Fsp3) is 0.389. The number of aromatic amines is 2. The summed E-state index contributed by atoms with van der Waals surface area (Å²) in [5.41, 5.74) is 2.20. The molecule has 0 spiro atoms. The van der Waals surface area contributed by atoms with E-state index in [1.54, 1.807) is 7.05 Å². The predicted octanol–water partition coefficient (Wildman–Crippen LogP) is 1.23. The van der Waals surface area contributed by atoms with E-state index in [4.69, 9.17) is 11.6 Å². The molecule has 0 atom stereocenters. The molecule has 142 valence electrons. The average Bonchev–Trinajstić information content (AvgIpc) is 3.07. The molecule has 0 amide bonds. The summed E-state index contributed by atoms with van der Waals surface area (Å²) in [6.45, 7) is 6.22. The topological polar surface area (TPSA) is 90.0 Å². The van der Waals surface area contributed by atoms with Gasteiger partial charge < -0.3 is 9.88 Å². The fourth-order valence-corrected chi connectivity index (χ4v) is 3.68. The highest BCUT2D eigenvalue weighted by molar-refractivity contribution is 6.30. The Morgan fingerprint density at radius 2 is 1.89 bits per heavy atom. The number of halogens is 1. The molecule has 3 heterocycles. The molecule has 27 heavy (non-hydrogen) atoms. The number of benzene rings is 1. The summed E-state index contributed by atoms with van der Waals surface area (Å²) in [5, 5.41) is 0.746. The van der Waals surface area contributed by atoms with Crippen LogP contribution in [0.15, 0.2) is 27.8 Å². The van der Waals surface area contributed by atoms with Crippen molar-refractivity contribution in [2.75, 3.05) is 31.1 Å². The van der Waals surface area contributed by atoms with Crippen molar-refractivity contribution in [1.29, 1.82) is 0 Å². The Balaban J connectivity index is 1.48. The third-order valence-corrected chi connectivity index (χ3v) is 5.30. The molecule has 0 saturated carbocycles. The van der Waals surface area contributed by atoms with Crippen LogP contribution < -0.4 is 16.1 Å². The Labute approximate surface area is 160 Å². The van der Waals surface area contributed by atoms with Gasteiger partial charge in [0.05, 0.1) is 6.54 Å². The van der Waals surface area contributed by atoms with E-state index in [0.717, 1.165) is 31.2 Å². The zero-order chi connectivity index (χ0) is 19.1. The third kappa shape index (κ3) is 3.38. The van der Waals surface area contributed by atoms with Gasteiger partial charge in [0.15, 0.2) is 5.65 Å². The third-order valence-electron chi connectivity index (χ3n) is 5.06. The summed E-state index contributed by atoms with van der Waals surface area (Å²) >= 11 is 6.15. The Morgan fingerprint density at radius 3 is 2.63 bits per heavy atom. The van der Waals surface area contributed by atoms with Crippen molar-refractivity contribution in [2.24, 2.45) is 7.05 Å². The van der Waals surface area contributed by atoms with Gasteiger partial charge in [0.25, 0.3) is 5.56 Å². The molecule has 1 fully saturated rings. The van der Waals surface area contributed by atoms with E-state index in [0.29, 0.717) is 23.5 Å². The van der Waals surface area contributed by atoms with E-state index in [-0.39, 0.29) is 0 Å². The molecular formula is C18H21ClN6O2. The quantitative estimate of drug-likeness (QED) is 0.704. The van der Waals surface area contributed by atoms with Crippen LogP contribution in [0.25, 0.3) is 11.2 Å². The van der Waals surface area contributed by atoms with Crippen LogP contribution >= 0.6 is 11.6 Å². The molecule has 2 aromatic heterocycles. The molecule has 4 rings (SSSR count). The second kappa shape index (κ2) is 6.86. The second-order valence-electron chi connectivity index (χ2n) is 6.89. The molecule has 0 unspecified atom stereocenters. The molecule has 9 heteroatoms. The molecule has 1 aliphatic rings. The van der Waals surface area contributed by atoms with Crippen LogP contribution in [0.3, 0.4) is 0 Å². The van der Waals surface area contributed by atoms with Crippen LogP contribution in [0, 0.1) is 6.92 Å². The number of nitrogens with one attached hydrogen (secondary N) is 2. The summed E-state index contributed by atoms with van der Waals surface area (Å²) < 4.78 is 1.34. The highest BCUT2D eigenvalue weighted by Gasteiger charge is 2.20.